The van der Waals surface area contributed by atoms with Crippen molar-refractivity contribution in [1.29, 1.82) is 0 Å². The summed E-state index contributed by atoms with van der Waals surface area (Å²) >= 11 is 0. The molecule has 0 saturated carbocycles. The Bertz CT molecular complexity index is 282. The molecule has 0 saturated heterocycles. The first-order valence-electron chi connectivity index (χ1n) is 3.30. The van der Waals surface area contributed by atoms with E-state index in [1.54, 1.807) is 0 Å². The fourth-order valence-electron chi connectivity index (χ4n) is 0.724. The Hall–Kier alpha value is 1.33. The summed E-state index contributed by atoms with van der Waals surface area (Å²) in [5.41, 5.74) is -3.22. The van der Waals surface area contributed by atoms with Gasteiger partial charge >= 0.3 is 107 Å². The van der Waals surface area contributed by atoms with Crippen LogP contribution in [0.4, 0.5) is 0 Å². The minimum absolute atomic E-state index is 0. The van der Waals surface area contributed by atoms with E-state index in [9.17, 15) is 14.4 Å². The predicted molar refractivity (Wildman–Crippen MR) is 59.9 cm³/mol. The van der Waals surface area contributed by atoms with Crippen molar-refractivity contribution in [3.8, 4) is 0 Å². The monoisotopic (exact) mass is 280 g/mol. The van der Waals surface area contributed by atoms with Crippen LogP contribution < -0.4 is 0 Å². The summed E-state index contributed by atoms with van der Waals surface area (Å²) in [4.78, 5) is 30.7. The SMILES string of the molecule is O=C(O)CC(O)(C(=O)O)C(O)C(=O)O.[NaH].[NaH].[NaH]. The molecule has 0 spiro atoms. The first-order valence-corrected chi connectivity index (χ1v) is 3.30. The van der Waals surface area contributed by atoms with Crippen LogP contribution in [-0.2, 0) is 14.4 Å². The Morgan fingerprint density at radius 1 is 1.00 bits per heavy atom. The molecule has 0 rings (SSSR count). The molecule has 0 aliphatic heterocycles. The predicted octanol–water partition coefficient (Wildman–Crippen LogP) is -4.22. The van der Waals surface area contributed by atoms with E-state index >= 15 is 0 Å². The number of aliphatic hydroxyl groups is 2. The van der Waals surface area contributed by atoms with Crippen LogP contribution in [0.15, 0.2) is 0 Å². The van der Waals surface area contributed by atoms with Crippen molar-refractivity contribution in [2.24, 2.45) is 0 Å². The number of hydrogen-bond donors (Lipinski definition) is 5. The van der Waals surface area contributed by atoms with Crippen molar-refractivity contribution in [3.05, 3.63) is 0 Å². The summed E-state index contributed by atoms with van der Waals surface area (Å²) in [7, 11) is 0. The first-order chi connectivity index (χ1) is 6.21. The minimum atomic E-state index is -3.22. The van der Waals surface area contributed by atoms with Gasteiger partial charge in [0, 0.05) is 0 Å². The van der Waals surface area contributed by atoms with Crippen LogP contribution in [0.2, 0.25) is 0 Å². The van der Waals surface area contributed by atoms with Gasteiger partial charge in [0.15, 0.2) is 6.10 Å². The van der Waals surface area contributed by atoms with Crippen molar-refractivity contribution < 1.29 is 39.9 Å². The molecule has 8 nitrogen and oxygen atoms in total. The average Bonchev–Trinajstić information content (AvgIpc) is 2.00. The Kier molecular flexibility index (Phi) is 17.6. The van der Waals surface area contributed by atoms with E-state index in [4.69, 9.17) is 25.5 Å². The number of carboxylic acids is 3. The standard InChI is InChI=1S/C6H8O8.3Na.3H/c7-2(8)1-6(14,5(12)13)3(9)4(10)11;;;;;;/h3,9,14H,1H2,(H,7,8)(H,10,11)(H,12,13);;;;;;. The number of hydrogen-bond acceptors (Lipinski definition) is 5. The van der Waals surface area contributed by atoms with Crippen LogP contribution in [0.1, 0.15) is 6.42 Å². The van der Waals surface area contributed by atoms with Gasteiger partial charge < -0.3 is 25.5 Å². The Labute approximate surface area is 162 Å². The fraction of sp³-hybridized carbons (Fsp3) is 0.500. The van der Waals surface area contributed by atoms with Gasteiger partial charge in [0.1, 0.15) is 0 Å². The molecule has 0 aromatic rings. The molecule has 86 valence electrons. The Morgan fingerprint density at radius 2 is 1.35 bits per heavy atom. The van der Waals surface area contributed by atoms with Crippen molar-refractivity contribution in [1.82, 2.24) is 0 Å². The van der Waals surface area contributed by atoms with Gasteiger partial charge in [0.05, 0.1) is 6.42 Å². The van der Waals surface area contributed by atoms with E-state index in [0.29, 0.717) is 0 Å². The molecule has 0 aromatic heterocycles. The maximum absolute atomic E-state index is 10.4. The Balaban J connectivity index is -0.000000282. The molecule has 0 aromatic carbocycles. The van der Waals surface area contributed by atoms with Crippen molar-refractivity contribution in [2.45, 2.75) is 18.1 Å². The van der Waals surface area contributed by atoms with Crippen LogP contribution in [0.25, 0.3) is 0 Å². The third-order valence-corrected chi connectivity index (χ3v) is 1.48. The van der Waals surface area contributed by atoms with Gasteiger partial charge in [-0.15, -0.1) is 0 Å². The summed E-state index contributed by atoms with van der Waals surface area (Å²) in [6, 6.07) is 0. The molecule has 0 fully saturated rings. The molecule has 2 unspecified atom stereocenters. The van der Waals surface area contributed by atoms with E-state index in [-0.39, 0.29) is 88.7 Å². The van der Waals surface area contributed by atoms with Crippen LogP contribution >= 0.6 is 0 Å². The number of aliphatic carboxylic acids is 3. The molecule has 0 heterocycles. The molecule has 0 radical (unpaired) electrons. The number of aliphatic hydroxyl groups excluding tert-OH is 1. The summed E-state index contributed by atoms with van der Waals surface area (Å²) in [5, 5.41) is 42.6. The zero-order valence-corrected chi connectivity index (χ0v) is 6.75. The van der Waals surface area contributed by atoms with Gasteiger partial charge in [-0.25, -0.2) is 9.59 Å². The van der Waals surface area contributed by atoms with Crippen LogP contribution in [0.5, 0.6) is 0 Å². The first kappa shape index (κ1) is 26.8. The van der Waals surface area contributed by atoms with E-state index in [2.05, 4.69) is 0 Å². The number of rotatable bonds is 5. The van der Waals surface area contributed by atoms with E-state index < -0.39 is 36.0 Å². The van der Waals surface area contributed by atoms with E-state index in [1.807, 2.05) is 0 Å². The summed E-state index contributed by atoms with van der Waals surface area (Å²) in [6.07, 6.45) is -4.11. The molecule has 0 aliphatic rings. The quantitative estimate of drug-likeness (QED) is 0.318. The molecule has 11 heteroatoms. The molecule has 0 aliphatic carbocycles. The number of carbonyl (C=O) groups is 3. The fourth-order valence-corrected chi connectivity index (χ4v) is 0.724. The zero-order chi connectivity index (χ0) is 11.5. The molecule has 2 atom stereocenters. The second-order valence-corrected chi connectivity index (χ2v) is 2.54. The van der Waals surface area contributed by atoms with Gasteiger partial charge in [-0.1, -0.05) is 0 Å². The van der Waals surface area contributed by atoms with E-state index in [0.717, 1.165) is 0 Å². The van der Waals surface area contributed by atoms with Crippen LogP contribution in [-0.4, -0.2) is 144 Å². The van der Waals surface area contributed by atoms with Gasteiger partial charge in [-0.05, 0) is 0 Å². The molecular formula is C6H11Na3O8. The normalized spacial score (nSPS) is 13.8. The average molecular weight is 280 g/mol. The molecule has 5 N–H and O–H groups in total. The van der Waals surface area contributed by atoms with Gasteiger partial charge in [0.25, 0.3) is 0 Å². The summed E-state index contributed by atoms with van der Waals surface area (Å²) in [6.45, 7) is 0. The zero-order valence-electron chi connectivity index (χ0n) is 6.75. The second kappa shape index (κ2) is 11.2. The third-order valence-electron chi connectivity index (χ3n) is 1.48. The second-order valence-electron chi connectivity index (χ2n) is 2.54. The third kappa shape index (κ3) is 8.17. The van der Waals surface area contributed by atoms with Gasteiger partial charge in [0.2, 0.25) is 5.60 Å². The number of carboxylic acid groups (broad SMARTS) is 3. The van der Waals surface area contributed by atoms with Crippen molar-refractivity contribution >= 4 is 107 Å². The van der Waals surface area contributed by atoms with Crippen LogP contribution in [0, 0.1) is 0 Å². The van der Waals surface area contributed by atoms with Gasteiger partial charge in [-0.2, -0.15) is 0 Å². The Morgan fingerprint density at radius 3 is 1.53 bits per heavy atom. The topological polar surface area (TPSA) is 152 Å². The summed E-state index contributed by atoms with van der Waals surface area (Å²) < 4.78 is 0. The summed E-state index contributed by atoms with van der Waals surface area (Å²) in [5.74, 6) is -5.87. The molecule has 0 bridgehead atoms. The molecular weight excluding hydrogens is 269 g/mol. The van der Waals surface area contributed by atoms with Crippen LogP contribution in [0.3, 0.4) is 0 Å². The van der Waals surface area contributed by atoms with Crippen molar-refractivity contribution in [3.63, 3.8) is 0 Å². The van der Waals surface area contributed by atoms with E-state index in [1.165, 1.54) is 0 Å². The van der Waals surface area contributed by atoms with Gasteiger partial charge in [-0.3, -0.25) is 4.79 Å². The van der Waals surface area contributed by atoms with Crippen molar-refractivity contribution in [2.75, 3.05) is 0 Å². The maximum atomic E-state index is 10.4. The molecule has 17 heavy (non-hydrogen) atoms. The molecule has 0 amide bonds.